The predicted molar refractivity (Wildman–Crippen MR) is 126 cm³/mol. The first-order chi connectivity index (χ1) is 14.7. The number of hydrogen-bond acceptors (Lipinski definition) is 3. The van der Waals surface area contributed by atoms with Gasteiger partial charge in [0.05, 0.1) is 10.6 Å². The highest BCUT2D eigenvalue weighted by Crippen LogP contribution is 2.26. The minimum Gasteiger partial charge on any atom is -0.325 e. The first-order valence-corrected chi connectivity index (χ1v) is 11.7. The smallest absolute Gasteiger partial charge is 0.264 e. The van der Waals surface area contributed by atoms with Crippen LogP contribution in [0.25, 0.3) is 0 Å². The largest absolute Gasteiger partial charge is 0.325 e. The lowest BCUT2D eigenvalue weighted by molar-refractivity contribution is -0.114. The van der Waals surface area contributed by atoms with Crippen LogP contribution in [0.2, 0.25) is 0 Å². The van der Waals surface area contributed by atoms with Crippen molar-refractivity contribution in [3.05, 3.63) is 89.5 Å². The zero-order valence-electron chi connectivity index (χ0n) is 18.3. The SMILES string of the molecule is Cc1ccc(NC(=O)CN(c2ccc(C(C)C)cc2)S(=O)(=O)c2ccc(C)cc2)cc1. The lowest BCUT2D eigenvalue weighted by Gasteiger charge is -2.24. The third kappa shape index (κ3) is 5.52. The highest BCUT2D eigenvalue weighted by molar-refractivity contribution is 7.92. The molecule has 0 bridgehead atoms. The molecule has 0 atom stereocenters. The van der Waals surface area contributed by atoms with Crippen LogP contribution in [0.1, 0.15) is 36.5 Å². The van der Waals surface area contributed by atoms with Gasteiger partial charge in [0.15, 0.2) is 0 Å². The van der Waals surface area contributed by atoms with Crippen LogP contribution in [0.4, 0.5) is 11.4 Å². The summed E-state index contributed by atoms with van der Waals surface area (Å²) in [4.78, 5) is 12.9. The van der Waals surface area contributed by atoms with Gasteiger partial charge in [0.25, 0.3) is 10.0 Å². The van der Waals surface area contributed by atoms with Crippen LogP contribution >= 0.6 is 0 Å². The van der Waals surface area contributed by atoms with Gasteiger partial charge in [0.1, 0.15) is 6.54 Å². The van der Waals surface area contributed by atoms with E-state index >= 15 is 0 Å². The molecule has 0 saturated carbocycles. The molecule has 1 amide bonds. The molecule has 0 unspecified atom stereocenters. The minimum absolute atomic E-state index is 0.147. The van der Waals surface area contributed by atoms with Gasteiger partial charge in [-0.15, -0.1) is 0 Å². The highest BCUT2D eigenvalue weighted by Gasteiger charge is 2.27. The third-order valence-corrected chi connectivity index (χ3v) is 6.87. The van der Waals surface area contributed by atoms with Crippen molar-refractivity contribution in [1.82, 2.24) is 0 Å². The van der Waals surface area contributed by atoms with Gasteiger partial charge in [-0.3, -0.25) is 9.10 Å². The summed E-state index contributed by atoms with van der Waals surface area (Å²) in [6.45, 7) is 7.68. The maximum Gasteiger partial charge on any atom is 0.264 e. The zero-order valence-corrected chi connectivity index (χ0v) is 19.1. The molecule has 0 aliphatic rings. The number of nitrogens with zero attached hydrogens (tertiary/aromatic N) is 1. The van der Waals surface area contributed by atoms with Gasteiger partial charge in [-0.2, -0.15) is 0 Å². The normalized spacial score (nSPS) is 11.4. The molecule has 0 heterocycles. The number of carbonyl (C=O) groups is 1. The number of rotatable bonds is 7. The number of aryl methyl sites for hydroxylation is 2. The Morgan fingerprint density at radius 2 is 1.35 bits per heavy atom. The van der Waals surface area contributed by atoms with Crippen molar-refractivity contribution in [3.63, 3.8) is 0 Å². The standard InChI is InChI=1S/C25H28N2O3S/c1-18(2)21-9-13-23(14-10-21)27(31(29,30)24-15-7-20(4)8-16-24)17-25(28)26-22-11-5-19(3)6-12-22/h5-16,18H,17H2,1-4H3,(H,26,28). The van der Waals surface area contributed by atoms with Crippen LogP contribution in [0, 0.1) is 13.8 Å². The van der Waals surface area contributed by atoms with Gasteiger partial charge in [-0.1, -0.05) is 61.4 Å². The second kappa shape index (κ2) is 9.35. The van der Waals surface area contributed by atoms with E-state index in [4.69, 9.17) is 0 Å². The number of benzene rings is 3. The van der Waals surface area contributed by atoms with E-state index in [1.807, 2.05) is 38.1 Å². The second-order valence-electron chi connectivity index (χ2n) is 7.99. The molecule has 31 heavy (non-hydrogen) atoms. The Hall–Kier alpha value is -3.12. The predicted octanol–water partition coefficient (Wildman–Crippen LogP) is 5.26. The lowest BCUT2D eigenvalue weighted by Crippen LogP contribution is -2.38. The number of sulfonamides is 1. The molecule has 0 aliphatic carbocycles. The van der Waals surface area contributed by atoms with Crippen molar-refractivity contribution in [2.75, 3.05) is 16.2 Å². The van der Waals surface area contributed by atoms with E-state index in [0.29, 0.717) is 17.3 Å². The second-order valence-corrected chi connectivity index (χ2v) is 9.85. The number of hydrogen-bond donors (Lipinski definition) is 1. The van der Waals surface area contributed by atoms with Crippen LogP contribution in [0.15, 0.2) is 77.7 Å². The zero-order chi connectivity index (χ0) is 22.6. The summed E-state index contributed by atoms with van der Waals surface area (Å²) in [6.07, 6.45) is 0. The number of amides is 1. The van der Waals surface area contributed by atoms with Crippen LogP contribution in [0.3, 0.4) is 0 Å². The minimum atomic E-state index is -3.93. The summed E-state index contributed by atoms with van der Waals surface area (Å²) in [5.41, 5.74) is 4.21. The molecule has 3 rings (SSSR count). The van der Waals surface area contributed by atoms with Gasteiger partial charge in [-0.05, 0) is 61.7 Å². The molecule has 162 valence electrons. The van der Waals surface area contributed by atoms with E-state index in [1.54, 1.807) is 48.5 Å². The van der Waals surface area contributed by atoms with Crippen LogP contribution < -0.4 is 9.62 Å². The van der Waals surface area contributed by atoms with E-state index in [9.17, 15) is 13.2 Å². The first-order valence-electron chi connectivity index (χ1n) is 10.2. The summed E-state index contributed by atoms with van der Waals surface area (Å²) in [7, 11) is -3.93. The summed E-state index contributed by atoms with van der Waals surface area (Å²) in [5.74, 6) is -0.0893. The fraction of sp³-hybridized carbons (Fsp3) is 0.240. The van der Waals surface area contributed by atoms with Crippen LogP contribution in [-0.2, 0) is 14.8 Å². The van der Waals surface area contributed by atoms with Crippen LogP contribution in [-0.4, -0.2) is 20.9 Å². The Morgan fingerprint density at radius 3 is 1.87 bits per heavy atom. The topological polar surface area (TPSA) is 66.5 Å². The lowest BCUT2D eigenvalue weighted by atomic mass is 10.0. The molecule has 3 aromatic rings. The molecule has 6 heteroatoms. The van der Waals surface area contributed by atoms with Crippen molar-refractivity contribution < 1.29 is 13.2 Å². The average molecular weight is 437 g/mol. The highest BCUT2D eigenvalue weighted by atomic mass is 32.2. The van der Waals surface area contributed by atoms with E-state index in [1.165, 1.54) is 0 Å². The third-order valence-electron chi connectivity index (χ3n) is 5.08. The number of anilines is 2. The van der Waals surface area contributed by atoms with E-state index in [2.05, 4.69) is 19.2 Å². The quantitative estimate of drug-likeness (QED) is 0.549. The Balaban J connectivity index is 1.94. The maximum absolute atomic E-state index is 13.4. The van der Waals surface area contributed by atoms with Crippen molar-refractivity contribution in [3.8, 4) is 0 Å². The summed E-state index contributed by atoms with van der Waals surface area (Å²) < 4.78 is 28.0. The van der Waals surface area contributed by atoms with Crippen molar-refractivity contribution in [2.24, 2.45) is 0 Å². The number of carbonyl (C=O) groups excluding carboxylic acids is 1. The van der Waals surface area contributed by atoms with Crippen LogP contribution in [0.5, 0.6) is 0 Å². The first kappa shape index (κ1) is 22.6. The average Bonchev–Trinajstić information content (AvgIpc) is 2.74. The summed E-state index contributed by atoms with van der Waals surface area (Å²) in [6, 6.07) is 21.3. The molecule has 3 aromatic carbocycles. The molecular weight excluding hydrogens is 408 g/mol. The van der Waals surface area contributed by atoms with Gasteiger partial charge < -0.3 is 5.32 Å². The Kier molecular flexibility index (Phi) is 6.81. The van der Waals surface area contributed by atoms with E-state index in [0.717, 1.165) is 21.0 Å². The molecule has 0 radical (unpaired) electrons. The monoisotopic (exact) mass is 436 g/mol. The Morgan fingerprint density at radius 1 is 0.839 bits per heavy atom. The Labute approximate surface area is 184 Å². The van der Waals surface area contributed by atoms with Gasteiger partial charge in [0.2, 0.25) is 5.91 Å². The molecule has 0 fully saturated rings. The maximum atomic E-state index is 13.4. The number of nitrogens with one attached hydrogen (secondary N) is 1. The summed E-state index contributed by atoms with van der Waals surface area (Å²) >= 11 is 0. The van der Waals surface area contributed by atoms with Gasteiger partial charge >= 0.3 is 0 Å². The fourth-order valence-corrected chi connectivity index (χ4v) is 4.57. The molecule has 5 nitrogen and oxygen atoms in total. The molecular formula is C25H28N2O3S. The van der Waals surface area contributed by atoms with Gasteiger partial charge in [0, 0.05) is 5.69 Å². The van der Waals surface area contributed by atoms with Crippen molar-refractivity contribution >= 4 is 27.3 Å². The molecule has 0 aliphatic heterocycles. The van der Waals surface area contributed by atoms with E-state index in [-0.39, 0.29) is 11.4 Å². The van der Waals surface area contributed by atoms with E-state index < -0.39 is 15.9 Å². The van der Waals surface area contributed by atoms with Gasteiger partial charge in [-0.25, -0.2) is 8.42 Å². The molecule has 0 saturated heterocycles. The molecule has 0 spiro atoms. The molecule has 0 aromatic heterocycles. The van der Waals surface area contributed by atoms with Crippen molar-refractivity contribution in [2.45, 2.75) is 38.5 Å². The molecule has 1 N–H and O–H groups in total. The Bertz CT molecular complexity index is 1130. The summed E-state index contributed by atoms with van der Waals surface area (Å²) in [5, 5.41) is 2.79. The van der Waals surface area contributed by atoms with Crippen molar-refractivity contribution in [1.29, 1.82) is 0 Å². The fourth-order valence-electron chi connectivity index (χ4n) is 3.15.